The quantitative estimate of drug-likeness (QED) is 0.274. The van der Waals surface area contributed by atoms with Crippen LogP contribution in [0.2, 0.25) is 4.34 Å². The molecule has 1 rings (SSSR count). The number of aliphatic hydroxyl groups is 1. The number of thiophene rings is 1. The number of halogens is 2. The standard InChI is InChI=1S/C16H28ClN3OS.HI/c1-3-5-13(9-11-21)12-20-16(18-4-2)19-10-8-14-6-7-15(17)22-14;/h6-7,13,21H,3-5,8-12H2,1-2H3,(H2,18,19,20);1H. The van der Waals surface area contributed by atoms with Crippen molar-refractivity contribution in [1.82, 2.24) is 10.6 Å². The van der Waals surface area contributed by atoms with E-state index in [1.54, 1.807) is 11.3 Å². The van der Waals surface area contributed by atoms with Crippen LogP contribution < -0.4 is 10.6 Å². The smallest absolute Gasteiger partial charge is 0.191 e. The Hall–Kier alpha value is -0.0500. The van der Waals surface area contributed by atoms with Gasteiger partial charge in [0.25, 0.3) is 0 Å². The first-order chi connectivity index (χ1) is 10.7. The molecule has 0 spiro atoms. The second-order valence-corrected chi connectivity index (χ2v) is 7.07. The zero-order valence-corrected chi connectivity index (χ0v) is 17.9. The van der Waals surface area contributed by atoms with E-state index >= 15 is 0 Å². The fourth-order valence-corrected chi connectivity index (χ4v) is 3.36. The highest BCUT2D eigenvalue weighted by atomic mass is 127. The molecule has 1 aromatic heterocycles. The van der Waals surface area contributed by atoms with Crippen molar-refractivity contribution >= 4 is 52.9 Å². The highest BCUT2D eigenvalue weighted by Gasteiger charge is 2.07. The third-order valence-corrected chi connectivity index (χ3v) is 4.67. The van der Waals surface area contributed by atoms with Gasteiger partial charge in [0.05, 0.1) is 4.34 Å². The van der Waals surface area contributed by atoms with E-state index in [1.807, 2.05) is 6.07 Å². The monoisotopic (exact) mass is 473 g/mol. The lowest BCUT2D eigenvalue weighted by Crippen LogP contribution is -2.38. The van der Waals surface area contributed by atoms with Gasteiger partial charge in [-0.25, -0.2) is 0 Å². The molecule has 0 saturated heterocycles. The van der Waals surface area contributed by atoms with Crippen molar-refractivity contribution in [1.29, 1.82) is 0 Å². The normalized spacial score (nSPS) is 12.6. The molecule has 0 aliphatic carbocycles. The number of nitrogens with zero attached hydrogens (tertiary/aromatic N) is 1. The summed E-state index contributed by atoms with van der Waals surface area (Å²) in [6.45, 7) is 6.91. The molecule has 1 heterocycles. The Balaban J connectivity index is 0.00000484. The first-order valence-corrected chi connectivity index (χ1v) is 9.26. The minimum atomic E-state index is 0. The van der Waals surface area contributed by atoms with E-state index < -0.39 is 0 Å². The van der Waals surface area contributed by atoms with Crippen LogP contribution in [0.3, 0.4) is 0 Å². The number of aliphatic imine (C=N–C) groups is 1. The van der Waals surface area contributed by atoms with Crippen LogP contribution in [-0.2, 0) is 6.42 Å². The van der Waals surface area contributed by atoms with Crippen molar-refractivity contribution in [2.24, 2.45) is 10.9 Å². The van der Waals surface area contributed by atoms with Crippen LogP contribution in [0.1, 0.15) is 38.0 Å². The zero-order chi connectivity index (χ0) is 16.2. The third-order valence-electron chi connectivity index (χ3n) is 3.38. The first kappa shape index (κ1) is 22.9. The Morgan fingerprint density at radius 2 is 2.09 bits per heavy atom. The Morgan fingerprint density at radius 1 is 1.30 bits per heavy atom. The van der Waals surface area contributed by atoms with Gasteiger partial charge in [0, 0.05) is 31.1 Å². The number of hydrogen-bond acceptors (Lipinski definition) is 3. The molecule has 4 nitrogen and oxygen atoms in total. The van der Waals surface area contributed by atoms with Gasteiger partial charge in [0.1, 0.15) is 0 Å². The fourth-order valence-electron chi connectivity index (χ4n) is 2.27. The molecule has 0 fully saturated rings. The van der Waals surface area contributed by atoms with E-state index in [4.69, 9.17) is 16.7 Å². The highest BCUT2D eigenvalue weighted by molar-refractivity contribution is 14.0. The lowest BCUT2D eigenvalue weighted by molar-refractivity contribution is 0.253. The average Bonchev–Trinajstić information content (AvgIpc) is 2.90. The van der Waals surface area contributed by atoms with Gasteiger partial charge in [-0.2, -0.15) is 0 Å². The van der Waals surface area contributed by atoms with Gasteiger partial charge in [0.15, 0.2) is 5.96 Å². The van der Waals surface area contributed by atoms with Crippen LogP contribution in [-0.4, -0.2) is 37.3 Å². The van der Waals surface area contributed by atoms with E-state index in [0.717, 1.165) is 55.6 Å². The van der Waals surface area contributed by atoms with E-state index in [9.17, 15) is 0 Å². The summed E-state index contributed by atoms with van der Waals surface area (Å²) in [6.07, 6.45) is 4.00. The topological polar surface area (TPSA) is 56.7 Å². The largest absolute Gasteiger partial charge is 0.396 e. The molecule has 0 aliphatic heterocycles. The third kappa shape index (κ3) is 10.4. The Bertz CT molecular complexity index is 437. The molecular formula is C16H29ClIN3OS. The van der Waals surface area contributed by atoms with E-state index in [0.29, 0.717) is 5.92 Å². The van der Waals surface area contributed by atoms with Gasteiger partial charge in [-0.05, 0) is 44.2 Å². The second-order valence-electron chi connectivity index (χ2n) is 5.27. The number of guanidine groups is 1. The minimum absolute atomic E-state index is 0. The lowest BCUT2D eigenvalue weighted by Gasteiger charge is -2.15. The van der Waals surface area contributed by atoms with E-state index in [1.165, 1.54) is 4.88 Å². The summed E-state index contributed by atoms with van der Waals surface area (Å²) < 4.78 is 0.835. The van der Waals surface area contributed by atoms with Crippen molar-refractivity contribution < 1.29 is 5.11 Å². The molecular weight excluding hydrogens is 445 g/mol. The molecule has 1 unspecified atom stereocenters. The van der Waals surface area contributed by atoms with Gasteiger partial charge in [-0.1, -0.05) is 24.9 Å². The van der Waals surface area contributed by atoms with Crippen molar-refractivity contribution in [3.05, 3.63) is 21.3 Å². The molecule has 0 amide bonds. The summed E-state index contributed by atoms with van der Waals surface area (Å²) in [5.74, 6) is 1.31. The summed E-state index contributed by atoms with van der Waals surface area (Å²) in [6, 6.07) is 4.00. The molecule has 7 heteroatoms. The molecule has 1 aromatic rings. The number of rotatable bonds is 10. The lowest BCUT2D eigenvalue weighted by atomic mass is 10.0. The summed E-state index contributed by atoms with van der Waals surface area (Å²) in [4.78, 5) is 5.92. The average molecular weight is 474 g/mol. The van der Waals surface area contributed by atoms with E-state index in [-0.39, 0.29) is 30.6 Å². The highest BCUT2D eigenvalue weighted by Crippen LogP contribution is 2.21. The van der Waals surface area contributed by atoms with Crippen LogP contribution in [0.15, 0.2) is 17.1 Å². The van der Waals surface area contributed by atoms with Gasteiger partial charge >= 0.3 is 0 Å². The maximum atomic E-state index is 9.11. The maximum absolute atomic E-state index is 9.11. The summed E-state index contributed by atoms with van der Waals surface area (Å²) in [5.41, 5.74) is 0. The number of nitrogens with one attached hydrogen (secondary N) is 2. The fraction of sp³-hybridized carbons (Fsp3) is 0.688. The molecule has 0 radical (unpaired) electrons. The predicted octanol–water partition coefficient (Wildman–Crippen LogP) is 3.92. The van der Waals surface area contributed by atoms with Crippen molar-refractivity contribution in [3.63, 3.8) is 0 Å². The van der Waals surface area contributed by atoms with Gasteiger partial charge < -0.3 is 15.7 Å². The van der Waals surface area contributed by atoms with Gasteiger partial charge in [-0.3, -0.25) is 4.99 Å². The van der Waals surface area contributed by atoms with Crippen LogP contribution in [0.4, 0.5) is 0 Å². The second kappa shape index (κ2) is 14.3. The van der Waals surface area contributed by atoms with Gasteiger partial charge in [-0.15, -0.1) is 35.3 Å². The molecule has 1 atom stereocenters. The van der Waals surface area contributed by atoms with Crippen LogP contribution in [0.25, 0.3) is 0 Å². The van der Waals surface area contributed by atoms with Crippen molar-refractivity contribution in [3.8, 4) is 0 Å². The SMILES string of the molecule is CCCC(CCO)CN=C(NCC)NCCc1ccc(Cl)s1.I. The Kier molecular flexibility index (Phi) is 14.3. The first-order valence-electron chi connectivity index (χ1n) is 8.06. The molecule has 0 bridgehead atoms. The van der Waals surface area contributed by atoms with E-state index in [2.05, 4.69) is 35.5 Å². The maximum Gasteiger partial charge on any atom is 0.191 e. The van der Waals surface area contributed by atoms with Crippen LogP contribution >= 0.6 is 46.9 Å². The summed E-state index contributed by atoms with van der Waals surface area (Å²) >= 11 is 7.56. The molecule has 0 saturated carbocycles. The van der Waals surface area contributed by atoms with Crippen LogP contribution in [0, 0.1) is 5.92 Å². The van der Waals surface area contributed by atoms with Crippen molar-refractivity contribution in [2.75, 3.05) is 26.2 Å². The molecule has 134 valence electrons. The Labute approximate surface area is 166 Å². The molecule has 0 aromatic carbocycles. The zero-order valence-electron chi connectivity index (χ0n) is 14.0. The minimum Gasteiger partial charge on any atom is -0.396 e. The van der Waals surface area contributed by atoms with Crippen LogP contribution in [0.5, 0.6) is 0 Å². The summed E-state index contributed by atoms with van der Waals surface area (Å²) in [5, 5.41) is 15.7. The predicted molar refractivity (Wildman–Crippen MR) is 113 cm³/mol. The molecule has 3 N–H and O–H groups in total. The molecule has 23 heavy (non-hydrogen) atoms. The Morgan fingerprint density at radius 3 is 2.65 bits per heavy atom. The number of hydrogen-bond donors (Lipinski definition) is 3. The van der Waals surface area contributed by atoms with Crippen molar-refractivity contribution in [2.45, 2.75) is 39.5 Å². The summed E-state index contributed by atoms with van der Waals surface area (Å²) in [7, 11) is 0. The number of aliphatic hydroxyl groups excluding tert-OH is 1. The molecule has 0 aliphatic rings. The van der Waals surface area contributed by atoms with Gasteiger partial charge in [0.2, 0.25) is 0 Å².